The van der Waals surface area contributed by atoms with Gasteiger partial charge in [0.2, 0.25) is 6.10 Å². The number of carboxylic acid groups (broad SMARTS) is 3. The van der Waals surface area contributed by atoms with Gasteiger partial charge in [0.1, 0.15) is 0 Å². The highest BCUT2D eigenvalue weighted by Crippen LogP contribution is 2.06. The predicted octanol–water partition coefficient (Wildman–Crippen LogP) is -3.77. The Bertz CT molecular complexity index is 388. The smallest absolute Gasteiger partial charge is 0.348 e. The summed E-state index contributed by atoms with van der Waals surface area (Å²) in [5, 5.41) is 51.8. The maximum atomic E-state index is 11.1. The van der Waals surface area contributed by atoms with E-state index < -0.39 is 48.3 Å². The molecular formula is C8H10O11. The van der Waals surface area contributed by atoms with Crippen LogP contribution in [0.5, 0.6) is 0 Å². The number of carbonyl (C=O) groups is 4. The van der Waals surface area contributed by atoms with Gasteiger partial charge in [-0.1, -0.05) is 0 Å². The van der Waals surface area contributed by atoms with Crippen molar-refractivity contribution >= 4 is 23.9 Å². The van der Waals surface area contributed by atoms with Crippen molar-refractivity contribution in [3.8, 4) is 0 Å². The highest BCUT2D eigenvalue weighted by atomic mass is 16.6. The summed E-state index contributed by atoms with van der Waals surface area (Å²) in [7, 11) is 0. The second-order valence-corrected chi connectivity index (χ2v) is 3.21. The number of carbonyl (C=O) groups excluding carboxylic acids is 1. The Labute approximate surface area is 104 Å². The Morgan fingerprint density at radius 3 is 1.42 bits per heavy atom. The minimum atomic E-state index is -2.64. The minimum absolute atomic E-state index is 1.91. The van der Waals surface area contributed by atoms with Crippen LogP contribution >= 0.6 is 0 Å². The van der Waals surface area contributed by atoms with Gasteiger partial charge in [-0.15, -0.1) is 0 Å². The van der Waals surface area contributed by atoms with E-state index in [1.807, 2.05) is 0 Å². The fraction of sp³-hybridized carbons (Fsp3) is 0.500. The Balaban J connectivity index is 4.87. The second-order valence-electron chi connectivity index (χ2n) is 3.21. The van der Waals surface area contributed by atoms with E-state index in [4.69, 9.17) is 30.6 Å². The van der Waals surface area contributed by atoms with Gasteiger partial charge < -0.3 is 35.4 Å². The van der Waals surface area contributed by atoms with E-state index in [0.717, 1.165) is 0 Å². The molecule has 0 saturated carbocycles. The molecule has 0 heterocycles. The van der Waals surface area contributed by atoms with Crippen LogP contribution < -0.4 is 0 Å². The zero-order chi connectivity index (χ0) is 15.3. The van der Waals surface area contributed by atoms with Crippen LogP contribution in [0.4, 0.5) is 0 Å². The fourth-order valence-electron chi connectivity index (χ4n) is 0.838. The molecule has 0 aliphatic heterocycles. The Hall–Kier alpha value is -2.24. The van der Waals surface area contributed by atoms with Crippen LogP contribution in [-0.2, 0) is 23.9 Å². The van der Waals surface area contributed by atoms with E-state index in [0.29, 0.717) is 0 Å². The minimum Gasteiger partial charge on any atom is -0.479 e. The molecule has 11 heteroatoms. The lowest BCUT2D eigenvalue weighted by Crippen LogP contribution is -2.47. The quantitative estimate of drug-likeness (QED) is 0.250. The largest absolute Gasteiger partial charge is 0.479 e. The molecule has 0 saturated heterocycles. The van der Waals surface area contributed by atoms with Gasteiger partial charge in [-0.3, -0.25) is 0 Å². The molecule has 0 amide bonds. The molecule has 0 aliphatic rings. The van der Waals surface area contributed by atoms with Gasteiger partial charge in [-0.05, 0) is 0 Å². The molecule has 0 radical (unpaired) electrons. The van der Waals surface area contributed by atoms with E-state index in [2.05, 4.69) is 4.74 Å². The Morgan fingerprint density at radius 2 is 1.11 bits per heavy atom. The van der Waals surface area contributed by atoms with Crippen LogP contribution in [0.2, 0.25) is 0 Å². The first-order valence-corrected chi connectivity index (χ1v) is 4.52. The number of carboxylic acids is 3. The van der Waals surface area contributed by atoms with Crippen molar-refractivity contribution in [2.45, 2.75) is 24.4 Å². The number of aliphatic carboxylic acids is 3. The summed E-state index contributed by atoms with van der Waals surface area (Å²) in [6, 6.07) is 0. The topological polar surface area (TPSA) is 199 Å². The molecule has 0 aliphatic carbocycles. The summed E-state index contributed by atoms with van der Waals surface area (Å²) in [4.78, 5) is 42.2. The number of hydrogen-bond acceptors (Lipinski definition) is 8. The van der Waals surface area contributed by atoms with Crippen molar-refractivity contribution in [1.82, 2.24) is 0 Å². The van der Waals surface area contributed by atoms with Crippen LogP contribution in [0.25, 0.3) is 0 Å². The third-order valence-corrected chi connectivity index (χ3v) is 1.82. The standard InChI is InChI=1S/C8H10O11/c9-1(5(12)13)2(10)8(18)19-4(7(16)17)3(11)6(14)15/h1-4,9-11H,(H,12,13)(H,14,15)(H,16,17)/t1-,2-,3?,4?/m1/s1. The van der Waals surface area contributed by atoms with E-state index in [9.17, 15) is 19.2 Å². The van der Waals surface area contributed by atoms with E-state index in [-0.39, 0.29) is 0 Å². The second kappa shape index (κ2) is 6.63. The molecule has 19 heavy (non-hydrogen) atoms. The Morgan fingerprint density at radius 1 is 0.684 bits per heavy atom. The predicted molar refractivity (Wildman–Crippen MR) is 50.8 cm³/mol. The van der Waals surface area contributed by atoms with Crippen LogP contribution in [0.1, 0.15) is 0 Å². The maximum Gasteiger partial charge on any atom is 0.348 e. The van der Waals surface area contributed by atoms with Crippen molar-refractivity contribution in [1.29, 1.82) is 0 Å². The van der Waals surface area contributed by atoms with Gasteiger partial charge in [0.15, 0.2) is 18.3 Å². The molecule has 11 nitrogen and oxygen atoms in total. The van der Waals surface area contributed by atoms with Gasteiger partial charge in [0.25, 0.3) is 0 Å². The monoisotopic (exact) mass is 282 g/mol. The molecule has 0 spiro atoms. The van der Waals surface area contributed by atoms with Crippen molar-refractivity contribution in [2.75, 3.05) is 0 Å². The zero-order valence-electron chi connectivity index (χ0n) is 9.03. The summed E-state index contributed by atoms with van der Waals surface area (Å²) in [5.74, 6) is -7.97. The zero-order valence-corrected chi connectivity index (χ0v) is 9.03. The molecule has 0 aromatic heterocycles. The maximum absolute atomic E-state index is 11.1. The van der Waals surface area contributed by atoms with Crippen LogP contribution in [0.15, 0.2) is 0 Å². The van der Waals surface area contributed by atoms with Gasteiger partial charge in [-0.2, -0.15) is 0 Å². The lowest BCUT2D eigenvalue weighted by molar-refractivity contribution is -0.188. The molecule has 0 aromatic carbocycles. The third-order valence-electron chi connectivity index (χ3n) is 1.82. The molecule has 2 unspecified atom stereocenters. The van der Waals surface area contributed by atoms with Gasteiger partial charge in [0, 0.05) is 0 Å². The first kappa shape index (κ1) is 16.8. The van der Waals surface area contributed by atoms with E-state index in [1.54, 1.807) is 0 Å². The molecule has 4 atom stereocenters. The molecular weight excluding hydrogens is 272 g/mol. The summed E-state index contributed by atoms with van der Waals surface area (Å²) in [6.45, 7) is 0. The van der Waals surface area contributed by atoms with Gasteiger partial charge >= 0.3 is 23.9 Å². The lowest BCUT2D eigenvalue weighted by atomic mass is 10.2. The summed E-state index contributed by atoms with van der Waals surface area (Å²) in [5.41, 5.74) is 0. The third kappa shape index (κ3) is 4.50. The summed E-state index contributed by atoms with van der Waals surface area (Å²) >= 11 is 0. The van der Waals surface area contributed by atoms with Gasteiger partial charge in [0.05, 0.1) is 0 Å². The highest BCUT2D eigenvalue weighted by molar-refractivity contribution is 5.88. The first-order chi connectivity index (χ1) is 8.59. The highest BCUT2D eigenvalue weighted by Gasteiger charge is 2.39. The van der Waals surface area contributed by atoms with E-state index in [1.165, 1.54) is 0 Å². The fourth-order valence-corrected chi connectivity index (χ4v) is 0.838. The number of rotatable bonds is 7. The van der Waals surface area contributed by atoms with Crippen molar-refractivity contribution in [2.24, 2.45) is 0 Å². The number of esters is 1. The van der Waals surface area contributed by atoms with Crippen molar-refractivity contribution < 1.29 is 54.6 Å². The number of aliphatic hydroxyl groups is 3. The number of ether oxygens (including phenoxy) is 1. The number of hydrogen-bond donors (Lipinski definition) is 6. The average molecular weight is 282 g/mol. The average Bonchev–Trinajstić information content (AvgIpc) is 2.31. The SMILES string of the molecule is O=C(O)C(O)C(OC(=O)[C@H](O)[C@@H](O)C(=O)O)C(=O)O. The van der Waals surface area contributed by atoms with Crippen LogP contribution in [0, 0.1) is 0 Å². The molecule has 0 bridgehead atoms. The lowest BCUT2D eigenvalue weighted by Gasteiger charge is -2.19. The van der Waals surface area contributed by atoms with Crippen LogP contribution in [-0.4, -0.2) is 78.9 Å². The summed E-state index contributed by atoms with van der Waals surface area (Å²) < 4.78 is 3.93. The summed E-state index contributed by atoms with van der Waals surface area (Å²) in [6.07, 6.45) is -10.4. The van der Waals surface area contributed by atoms with Crippen molar-refractivity contribution in [3.63, 3.8) is 0 Å². The first-order valence-electron chi connectivity index (χ1n) is 4.52. The number of aliphatic hydroxyl groups excluding tert-OH is 3. The van der Waals surface area contributed by atoms with Crippen LogP contribution in [0.3, 0.4) is 0 Å². The molecule has 108 valence electrons. The molecule has 0 fully saturated rings. The molecule has 0 aromatic rings. The molecule has 6 N–H and O–H groups in total. The normalized spacial score (nSPS) is 16.8. The van der Waals surface area contributed by atoms with Gasteiger partial charge in [-0.25, -0.2) is 19.2 Å². The molecule has 0 rings (SSSR count). The Kier molecular flexibility index (Phi) is 5.85. The van der Waals surface area contributed by atoms with Crippen molar-refractivity contribution in [3.05, 3.63) is 0 Å². The van der Waals surface area contributed by atoms with E-state index >= 15 is 0 Å².